The van der Waals surface area contributed by atoms with E-state index in [4.69, 9.17) is 54.0 Å². The fraction of sp³-hybridized carbons (Fsp3) is 0.451. The fourth-order valence-corrected chi connectivity index (χ4v) is 11.3. The zero-order chi connectivity index (χ0) is 49.6. The number of benzene rings is 3. The lowest BCUT2D eigenvalue weighted by molar-refractivity contribution is -0.125. The molecule has 2 aliphatic rings. The fourth-order valence-electron chi connectivity index (χ4n) is 9.66. The molecule has 12 nitrogen and oxygen atoms in total. The first-order valence-electron chi connectivity index (χ1n) is 22.9. The molecule has 7 rings (SSSR count). The molecule has 3 heterocycles. The van der Waals surface area contributed by atoms with Gasteiger partial charge in [-0.1, -0.05) is 85.9 Å². The monoisotopic (exact) mass is 1020 g/mol. The predicted octanol–water partition coefficient (Wildman–Crippen LogP) is 10.4. The Morgan fingerprint density at radius 1 is 0.899 bits per heavy atom. The van der Waals surface area contributed by atoms with Crippen LogP contribution in [0.4, 0.5) is 8.78 Å². The van der Waals surface area contributed by atoms with Gasteiger partial charge in [0.15, 0.2) is 5.82 Å². The van der Waals surface area contributed by atoms with Gasteiger partial charge in [-0.2, -0.15) is 5.26 Å². The number of nitriles is 1. The van der Waals surface area contributed by atoms with E-state index in [1.54, 1.807) is 17.4 Å². The molecule has 2 aromatic heterocycles. The van der Waals surface area contributed by atoms with E-state index in [1.807, 2.05) is 56.5 Å². The van der Waals surface area contributed by atoms with Crippen molar-refractivity contribution >= 4 is 63.7 Å². The second-order valence-corrected chi connectivity index (χ2v) is 21.1. The third-order valence-corrected chi connectivity index (χ3v) is 14.7. The Balaban J connectivity index is 0.857. The number of rotatable bonds is 19. The number of fused-ring (bicyclic) bond motifs is 3. The van der Waals surface area contributed by atoms with Crippen molar-refractivity contribution in [2.75, 3.05) is 52.7 Å². The highest BCUT2D eigenvalue weighted by Crippen LogP contribution is 2.61. The molecule has 1 aliphatic carbocycles. The van der Waals surface area contributed by atoms with Crippen molar-refractivity contribution < 1.29 is 32.6 Å². The molecule has 366 valence electrons. The molecule has 69 heavy (non-hydrogen) atoms. The largest absolute Gasteiger partial charge is 0.377 e. The minimum absolute atomic E-state index is 0.0600. The van der Waals surface area contributed by atoms with Gasteiger partial charge in [-0.15, -0.1) is 21.5 Å². The minimum atomic E-state index is -1.62. The van der Waals surface area contributed by atoms with E-state index >= 15 is 8.78 Å². The van der Waals surface area contributed by atoms with Gasteiger partial charge in [0.25, 0.3) is 0 Å². The Morgan fingerprint density at radius 2 is 1.55 bits per heavy atom. The summed E-state index contributed by atoms with van der Waals surface area (Å²) in [6, 6.07) is 18.0. The number of ether oxygens (including phenoxy) is 3. The smallest absolute Gasteiger partial charge is 0.223 e. The first-order valence-corrected chi connectivity index (χ1v) is 24.8. The van der Waals surface area contributed by atoms with Crippen molar-refractivity contribution in [3.63, 3.8) is 0 Å². The third kappa shape index (κ3) is 11.5. The molecule has 1 aliphatic heterocycles. The summed E-state index contributed by atoms with van der Waals surface area (Å²) in [5, 5.41) is 27.4. The van der Waals surface area contributed by atoms with E-state index in [-0.39, 0.29) is 84.9 Å². The predicted molar refractivity (Wildman–Crippen MR) is 265 cm³/mol. The van der Waals surface area contributed by atoms with E-state index < -0.39 is 46.8 Å². The molecule has 0 bridgehead atoms. The van der Waals surface area contributed by atoms with E-state index in [2.05, 4.69) is 40.7 Å². The maximum absolute atomic E-state index is 16.0. The van der Waals surface area contributed by atoms with Crippen LogP contribution in [0.2, 0.25) is 15.1 Å². The van der Waals surface area contributed by atoms with Gasteiger partial charge < -0.3 is 24.8 Å². The van der Waals surface area contributed by atoms with Crippen LogP contribution in [0.15, 0.2) is 65.7 Å². The van der Waals surface area contributed by atoms with Gasteiger partial charge in [0.2, 0.25) is 11.8 Å². The molecular formula is C51H56Cl3F2N7O5S. The highest BCUT2D eigenvalue weighted by atomic mass is 35.5. The highest BCUT2D eigenvalue weighted by Gasteiger charge is 2.61. The lowest BCUT2D eigenvalue weighted by atomic mass is 9.62. The summed E-state index contributed by atoms with van der Waals surface area (Å²) in [6.07, 6.45) is 0.731. The molecule has 1 saturated carbocycles. The number of halogens is 5. The van der Waals surface area contributed by atoms with Crippen molar-refractivity contribution in [2.24, 2.45) is 22.2 Å². The number of nitrogens with zero attached hydrogens (tertiary/aromatic N) is 5. The average Bonchev–Trinajstić information content (AvgIpc) is 3.90. The summed E-state index contributed by atoms with van der Waals surface area (Å²) in [4.78, 5) is 33.7. The number of aryl methyl sites for hydroxylation is 2. The SMILES string of the molecule is Cc1sc2c(c1C)C(c1ccc(Cl)cc1)=N[C@@H](CC(=O)NCCOCCOCCOCCNC(=O)C1C[C@@H](CC(C)(C)C)[C@](C#N)(c3ccc(Cl)cc3F)C1c1cccc(Cl)c1F)c1nnc(C)n1-2. The van der Waals surface area contributed by atoms with Crippen LogP contribution in [-0.2, 0) is 29.2 Å². The van der Waals surface area contributed by atoms with Crippen molar-refractivity contribution in [1.82, 2.24) is 25.4 Å². The van der Waals surface area contributed by atoms with Crippen LogP contribution in [0, 0.1) is 61.0 Å². The Bertz CT molecular complexity index is 2740. The zero-order valence-corrected chi connectivity index (χ0v) is 42.5. The highest BCUT2D eigenvalue weighted by molar-refractivity contribution is 7.15. The van der Waals surface area contributed by atoms with Gasteiger partial charge in [-0.3, -0.25) is 19.1 Å². The van der Waals surface area contributed by atoms with Crippen LogP contribution < -0.4 is 10.6 Å². The first kappa shape index (κ1) is 52.0. The summed E-state index contributed by atoms with van der Waals surface area (Å²) in [5.41, 5.74) is 1.98. The third-order valence-electron chi connectivity index (χ3n) is 12.7. The summed E-state index contributed by atoms with van der Waals surface area (Å²) >= 11 is 20.3. The number of thiophene rings is 1. The lowest BCUT2D eigenvalue weighted by Crippen LogP contribution is -2.41. The van der Waals surface area contributed by atoms with E-state index in [9.17, 15) is 14.9 Å². The number of aromatic nitrogens is 3. The Morgan fingerprint density at radius 3 is 2.20 bits per heavy atom. The van der Waals surface area contributed by atoms with Crippen LogP contribution in [-0.4, -0.2) is 85.0 Å². The first-order chi connectivity index (χ1) is 32.9. The number of carbonyl (C=O) groups is 2. The van der Waals surface area contributed by atoms with Crippen LogP contribution in [0.25, 0.3) is 5.00 Å². The van der Waals surface area contributed by atoms with Gasteiger partial charge in [0.05, 0.1) is 68.3 Å². The normalized spacial score (nSPS) is 19.9. The second kappa shape index (κ2) is 22.5. The zero-order valence-electron chi connectivity index (χ0n) is 39.4. The standard InChI is InChI=1S/C51H56Cl3F2N7O5S/c1-29-30(2)69-49-43(29)46(32-10-12-34(52)13-11-32)60-41(47-62-61-31(3)63(47)49)26-42(64)58-16-18-66-20-22-68-23-21-67-19-17-59-48(65)37-24-33(27-50(4,5)6)51(28-57,38-15-14-35(53)25-40(38)55)44(37)36-8-7-9-39(54)45(36)56/h7-15,25,33,37,41,44H,16-24,26-27H2,1-6H3,(H,58,64)(H,59,65)/t33-,37?,41-,44?,51+/m0/s1. The molecule has 0 radical (unpaired) electrons. The maximum atomic E-state index is 16.0. The summed E-state index contributed by atoms with van der Waals surface area (Å²) in [7, 11) is 0. The molecule has 1 fully saturated rings. The van der Waals surface area contributed by atoms with Gasteiger partial charge in [0, 0.05) is 56.5 Å². The Labute approximate surface area is 420 Å². The molecular weight excluding hydrogens is 967 g/mol. The van der Waals surface area contributed by atoms with Crippen molar-refractivity contribution in [3.05, 3.63) is 132 Å². The van der Waals surface area contributed by atoms with Crippen LogP contribution in [0.3, 0.4) is 0 Å². The molecule has 3 aromatic carbocycles. The molecule has 0 saturated heterocycles. The van der Waals surface area contributed by atoms with Crippen LogP contribution in [0.5, 0.6) is 0 Å². The van der Waals surface area contributed by atoms with Gasteiger partial charge in [-0.25, -0.2) is 8.78 Å². The molecule has 5 aromatic rings. The van der Waals surface area contributed by atoms with Crippen molar-refractivity contribution in [1.29, 1.82) is 5.26 Å². The number of aliphatic imine (C=N–C) groups is 1. The van der Waals surface area contributed by atoms with Crippen LogP contribution in [0.1, 0.15) is 96.3 Å². The van der Waals surface area contributed by atoms with Gasteiger partial charge in [0.1, 0.15) is 28.5 Å². The number of carbonyl (C=O) groups excluding carboxylic acids is 2. The van der Waals surface area contributed by atoms with E-state index in [1.165, 1.54) is 24.3 Å². The molecule has 2 amide bonds. The molecule has 2 unspecified atom stereocenters. The Hall–Kier alpha value is -4.79. The second-order valence-electron chi connectivity index (χ2n) is 18.6. The lowest BCUT2D eigenvalue weighted by Gasteiger charge is -2.38. The summed E-state index contributed by atoms with van der Waals surface area (Å²) in [5.74, 6) is -3.22. The van der Waals surface area contributed by atoms with Crippen molar-refractivity contribution in [3.8, 4) is 11.1 Å². The molecule has 2 N–H and O–H groups in total. The number of amides is 2. The van der Waals surface area contributed by atoms with Crippen LogP contribution >= 0.6 is 46.1 Å². The quantitative estimate of drug-likeness (QED) is 0.0776. The number of nitrogens with one attached hydrogen (secondary N) is 2. The molecule has 18 heteroatoms. The maximum Gasteiger partial charge on any atom is 0.223 e. The van der Waals surface area contributed by atoms with Crippen molar-refractivity contribution in [2.45, 2.75) is 78.2 Å². The van der Waals surface area contributed by atoms with Gasteiger partial charge in [-0.05, 0) is 86.4 Å². The van der Waals surface area contributed by atoms with E-state index in [0.717, 1.165) is 38.3 Å². The average molecular weight is 1020 g/mol. The number of hydrogen-bond acceptors (Lipinski definition) is 10. The molecule has 5 atom stereocenters. The topological polar surface area (TPSA) is 153 Å². The Kier molecular flexibility index (Phi) is 17.0. The van der Waals surface area contributed by atoms with E-state index in [0.29, 0.717) is 36.3 Å². The minimum Gasteiger partial charge on any atom is -0.377 e. The molecule has 0 spiro atoms. The number of hydrogen-bond donors (Lipinski definition) is 2. The summed E-state index contributed by atoms with van der Waals surface area (Å²) < 4.78 is 51.0. The summed E-state index contributed by atoms with van der Waals surface area (Å²) in [6.45, 7) is 14.1. The van der Waals surface area contributed by atoms with Gasteiger partial charge >= 0.3 is 0 Å².